The van der Waals surface area contributed by atoms with Gasteiger partial charge < -0.3 is 0 Å². The molecule has 0 spiro atoms. The largest absolute Gasteiger partial charge is 0.299 e. The smallest absolute Gasteiger partial charge is 0.191 e. The van der Waals surface area contributed by atoms with Crippen LogP contribution in [0.2, 0.25) is 0 Å². The number of nitrogens with zero attached hydrogens (tertiary/aromatic N) is 1. The van der Waals surface area contributed by atoms with Crippen molar-refractivity contribution < 1.29 is 4.79 Å². The first-order chi connectivity index (χ1) is 6.16. The molecule has 66 valence electrons. The lowest BCUT2D eigenvalue weighted by atomic mass is 9.96. The molecule has 2 heteroatoms. The van der Waals surface area contributed by atoms with Crippen molar-refractivity contribution in [3.8, 4) is 0 Å². The highest BCUT2D eigenvalue weighted by molar-refractivity contribution is 5.84. The molecule has 0 aromatic heterocycles. The van der Waals surface area contributed by atoms with Gasteiger partial charge >= 0.3 is 0 Å². The number of carbonyl (C=O) groups excluding carboxylic acids is 1. The summed E-state index contributed by atoms with van der Waals surface area (Å²) in [4.78, 5) is 14.5. The maximum Gasteiger partial charge on any atom is 0.191 e. The molecule has 1 unspecified atom stereocenters. The molecular formula is C11H11NO. The predicted molar refractivity (Wildman–Crippen MR) is 51.8 cm³/mol. The Balaban J connectivity index is 3.15. The Morgan fingerprint density at radius 3 is 2.62 bits per heavy atom. The fourth-order valence-electron chi connectivity index (χ4n) is 1.17. The Morgan fingerprint density at radius 2 is 2.08 bits per heavy atom. The summed E-state index contributed by atoms with van der Waals surface area (Å²) >= 11 is 0. The lowest BCUT2D eigenvalue weighted by Gasteiger charge is -2.08. The number of ketones is 1. The molecule has 1 aromatic rings. The zero-order valence-corrected chi connectivity index (χ0v) is 7.74. The molecule has 0 aliphatic heterocycles. The summed E-state index contributed by atoms with van der Waals surface area (Å²) in [6.45, 7) is 10.3. The van der Waals surface area contributed by atoms with E-state index in [9.17, 15) is 4.79 Å². The minimum Gasteiger partial charge on any atom is -0.299 e. The van der Waals surface area contributed by atoms with E-state index in [1.807, 2.05) is 25.1 Å². The van der Waals surface area contributed by atoms with Gasteiger partial charge in [-0.3, -0.25) is 4.79 Å². The van der Waals surface area contributed by atoms with Crippen molar-refractivity contribution in [1.29, 1.82) is 0 Å². The van der Waals surface area contributed by atoms with Crippen molar-refractivity contribution >= 4 is 11.5 Å². The van der Waals surface area contributed by atoms with Gasteiger partial charge in [-0.2, -0.15) is 0 Å². The first-order valence-corrected chi connectivity index (χ1v) is 4.13. The second-order valence-corrected chi connectivity index (χ2v) is 3.00. The van der Waals surface area contributed by atoms with Gasteiger partial charge in [-0.25, -0.2) is 4.85 Å². The van der Waals surface area contributed by atoms with Crippen LogP contribution in [0.1, 0.15) is 25.3 Å². The molecule has 1 atom stereocenters. The summed E-state index contributed by atoms with van der Waals surface area (Å²) in [6.07, 6.45) is 0. The van der Waals surface area contributed by atoms with Crippen LogP contribution in [0, 0.1) is 6.57 Å². The number of benzene rings is 1. The van der Waals surface area contributed by atoms with Crippen molar-refractivity contribution in [2.45, 2.75) is 19.8 Å². The molecule has 2 nitrogen and oxygen atoms in total. The second-order valence-electron chi connectivity index (χ2n) is 3.00. The quantitative estimate of drug-likeness (QED) is 0.630. The van der Waals surface area contributed by atoms with E-state index in [0.29, 0.717) is 5.69 Å². The van der Waals surface area contributed by atoms with E-state index < -0.39 is 0 Å². The van der Waals surface area contributed by atoms with Crippen LogP contribution in [0.3, 0.4) is 0 Å². The highest BCUT2D eigenvalue weighted by atomic mass is 16.1. The van der Waals surface area contributed by atoms with E-state index in [1.54, 1.807) is 13.0 Å². The van der Waals surface area contributed by atoms with Crippen LogP contribution in [0.4, 0.5) is 5.69 Å². The Morgan fingerprint density at radius 1 is 1.46 bits per heavy atom. The van der Waals surface area contributed by atoms with Crippen molar-refractivity contribution in [2.24, 2.45) is 0 Å². The third-order valence-corrected chi connectivity index (χ3v) is 2.13. The predicted octanol–water partition coefficient (Wildman–Crippen LogP) is 2.93. The van der Waals surface area contributed by atoms with Crippen molar-refractivity contribution in [3.05, 3.63) is 41.2 Å². The summed E-state index contributed by atoms with van der Waals surface area (Å²) < 4.78 is 0. The van der Waals surface area contributed by atoms with Gasteiger partial charge in [0.2, 0.25) is 0 Å². The minimum absolute atomic E-state index is 0.0936. The standard InChI is InChI=1S/C11H11NO/c1-8(9(2)13)10-6-4-5-7-11(10)12-3/h4-8H,1-2H3. The molecule has 0 aliphatic carbocycles. The number of Topliss-reactive ketones (excluding diaryl/α,β-unsaturated/α-hetero) is 1. The summed E-state index contributed by atoms with van der Waals surface area (Å²) in [7, 11) is 0. The third-order valence-electron chi connectivity index (χ3n) is 2.13. The highest BCUT2D eigenvalue weighted by Gasteiger charge is 2.13. The van der Waals surface area contributed by atoms with E-state index in [0.717, 1.165) is 5.56 Å². The molecule has 0 N–H and O–H groups in total. The summed E-state index contributed by atoms with van der Waals surface area (Å²) in [5.74, 6) is -0.0820. The normalized spacial score (nSPS) is 11.8. The Kier molecular flexibility index (Phi) is 2.81. The van der Waals surface area contributed by atoms with Crippen molar-refractivity contribution in [3.63, 3.8) is 0 Å². The number of para-hydroxylation sites is 1. The number of hydrogen-bond acceptors (Lipinski definition) is 1. The summed E-state index contributed by atoms with van der Waals surface area (Å²) in [6, 6.07) is 7.23. The average molecular weight is 173 g/mol. The molecule has 13 heavy (non-hydrogen) atoms. The second kappa shape index (κ2) is 3.86. The van der Waals surface area contributed by atoms with Crippen LogP contribution in [-0.4, -0.2) is 5.78 Å². The van der Waals surface area contributed by atoms with E-state index in [2.05, 4.69) is 4.85 Å². The molecule has 1 aromatic carbocycles. The van der Waals surface area contributed by atoms with Gasteiger partial charge in [0, 0.05) is 5.92 Å². The van der Waals surface area contributed by atoms with Gasteiger partial charge in [0.05, 0.1) is 6.57 Å². The van der Waals surface area contributed by atoms with E-state index in [4.69, 9.17) is 6.57 Å². The fraction of sp³-hybridized carbons (Fsp3) is 0.273. The number of hydrogen-bond donors (Lipinski definition) is 0. The SMILES string of the molecule is [C-]#[N+]c1ccccc1C(C)C(C)=O. The van der Waals surface area contributed by atoms with Gasteiger partial charge in [0.1, 0.15) is 5.78 Å². The van der Waals surface area contributed by atoms with Crippen LogP contribution in [-0.2, 0) is 4.79 Å². The van der Waals surface area contributed by atoms with Gasteiger partial charge in [-0.15, -0.1) is 0 Å². The van der Waals surface area contributed by atoms with Crippen LogP contribution >= 0.6 is 0 Å². The first-order valence-electron chi connectivity index (χ1n) is 4.13. The third kappa shape index (κ3) is 1.94. The van der Waals surface area contributed by atoms with Crippen molar-refractivity contribution in [2.75, 3.05) is 0 Å². The van der Waals surface area contributed by atoms with Crippen LogP contribution < -0.4 is 0 Å². The van der Waals surface area contributed by atoms with Crippen LogP contribution in [0.25, 0.3) is 4.85 Å². The van der Waals surface area contributed by atoms with Gasteiger partial charge in [-0.1, -0.05) is 31.2 Å². The maximum absolute atomic E-state index is 11.1. The van der Waals surface area contributed by atoms with E-state index in [-0.39, 0.29) is 11.7 Å². The molecule has 0 radical (unpaired) electrons. The molecule has 0 saturated carbocycles. The average Bonchev–Trinajstić information content (AvgIpc) is 2.16. The molecule has 0 aliphatic rings. The van der Waals surface area contributed by atoms with Crippen LogP contribution in [0.15, 0.2) is 24.3 Å². The maximum atomic E-state index is 11.1. The molecule has 0 fully saturated rings. The lowest BCUT2D eigenvalue weighted by Crippen LogP contribution is -2.03. The summed E-state index contributed by atoms with van der Waals surface area (Å²) in [5, 5.41) is 0. The lowest BCUT2D eigenvalue weighted by molar-refractivity contribution is -0.118. The fourth-order valence-corrected chi connectivity index (χ4v) is 1.17. The van der Waals surface area contributed by atoms with Gasteiger partial charge in [0.25, 0.3) is 0 Å². The molecule has 0 heterocycles. The summed E-state index contributed by atoms with van der Waals surface area (Å²) in [5.41, 5.74) is 1.40. The Labute approximate surface area is 78.0 Å². The van der Waals surface area contributed by atoms with Crippen LogP contribution in [0.5, 0.6) is 0 Å². The zero-order chi connectivity index (χ0) is 9.84. The van der Waals surface area contributed by atoms with E-state index >= 15 is 0 Å². The Bertz CT molecular complexity index is 363. The van der Waals surface area contributed by atoms with Gasteiger partial charge in [0.15, 0.2) is 5.69 Å². The molecule has 0 saturated heterocycles. The first kappa shape index (κ1) is 9.47. The topological polar surface area (TPSA) is 21.4 Å². The molecular weight excluding hydrogens is 162 g/mol. The minimum atomic E-state index is -0.176. The molecule has 1 rings (SSSR count). The molecule has 0 bridgehead atoms. The Hall–Kier alpha value is -1.62. The zero-order valence-electron chi connectivity index (χ0n) is 7.74. The van der Waals surface area contributed by atoms with Gasteiger partial charge in [-0.05, 0) is 12.5 Å². The van der Waals surface area contributed by atoms with E-state index in [1.165, 1.54) is 0 Å². The monoisotopic (exact) mass is 173 g/mol. The highest BCUT2D eigenvalue weighted by Crippen LogP contribution is 2.26. The van der Waals surface area contributed by atoms with Crippen molar-refractivity contribution in [1.82, 2.24) is 0 Å². The number of carbonyl (C=O) groups is 1. The number of rotatable bonds is 2. The molecule has 0 amide bonds.